The van der Waals surface area contributed by atoms with Crippen molar-refractivity contribution in [3.05, 3.63) is 11.6 Å². The number of guanidine groups is 1. The van der Waals surface area contributed by atoms with Crippen molar-refractivity contribution in [3.8, 4) is 0 Å². The standard InChI is InChI=1S/C18H37N7O2.HI/c1-6-27-14-7-9-19-18(20-10-12-24(3)11-8-13-26-5)21-15-17-23-22-16(2)25(17)4;/h6-15H2,1-5H3,(H2,19,20,21);1H. The van der Waals surface area contributed by atoms with Gasteiger partial charge in [-0.1, -0.05) is 0 Å². The lowest BCUT2D eigenvalue weighted by Crippen LogP contribution is -2.41. The Labute approximate surface area is 186 Å². The number of aryl methyl sites for hydroxylation is 1. The maximum absolute atomic E-state index is 5.38. The van der Waals surface area contributed by atoms with E-state index in [1.807, 2.05) is 25.5 Å². The van der Waals surface area contributed by atoms with Gasteiger partial charge in [-0.3, -0.25) is 0 Å². The van der Waals surface area contributed by atoms with Crippen molar-refractivity contribution in [2.24, 2.45) is 12.0 Å². The van der Waals surface area contributed by atoms with Crippen LogP contribution in [0.3, 0.4) is 0 Å². The van der Waals surface area contributed by atoms with Crippen molar-refractivity contribution in [3.63, 3.8) is 0 Å². The van der Waals surface area contributed by atoms with E-state index in [1.165, 1.54) is 0 Å². The Balaban J connectivity index is 0.00000729. The number of halogens is 1. The first-order valence-corrected chi connectivity index (χ1v) is 9.70. The summed E-state index contributed by atoms with van der Waals surface area (Å²) in [6.07, 6.45) is 1.98. The summed E-state index contributed by atoms with van der Waals surface area (Å²) in [5.41, 5.74) is 0. The average Bonchev–Trinajstić information content (AvgIpc) is 2.97. The summed E-state index contributed by atoms with van der Waals surface area (Å²) in [6, 6.07) is 0. The predicted molar refractivity (Wildman–Crippen MR) is 123 cm³/mol. The third-order valence-electron chi connectivity index (χ3n) is 4.20. The summed E-state index contributed by atoms with van der Waals surface area (Å²) >= 11 is 0. The summed E-state index contributed by atoms with van der Waals surface area (Å²) in [6.45, 7) is 10.3. The maximum Gasteiger partial charge on any atom is 0.191 e. The van der Waals surface area contributed by atoms with E-state index < -0.39 is 0 Å². The van der Waals surface area contributed by atoms with Gasteiger partial charge >= 0.3 is 0 Å². The smallest absolute Gasteiger partial charge is 0.191 e. The lowest BCUT2D eigenvalue weighted by molar-refractivity contribution is 0.145. The van der Waals surface area contributed by atoms with Crippen molar-refractivity contribution in [2.45, 2.75) is 33.2 Å². The average molecular weight is 511 g/mol. The van der Waals surface area contributed by atoms with Crippen LogP contribution in [0.4, 0.5) is 0 Å². The van der Waals surface area contributed by atoms with Gasteiger partial charge in [0.25, 0.3) is 0 Å². The first kappa shape index (κ1) is 27.0. The molecule has 0 atom stereocenters. The van der Waals surface area contributed by atoms with Gasteiger partial charge in [0.1, 0.15) is 12.4 Å². The molecule has 164 valence electrons. The number of likely N-dealkylation sites (N-methyl/N-ethyl adjacent to an activating group) is 1. The van der Waals surface area contributed by atoms with E-state index in [1.54, 1.807) is 7.11 Å². The Kier molecular flexibility index (Phi) is 16.3. The van der Waals surface area contributed by atoms with E-state index in [9.17, 15) is 0 Å². The fraction of sp³-hybridized carbons (Fsp3) is 0.833. The number of nitrogens with zero attached hydrogens (tertiary/aromatic N) is 5. The maximum atomic E-state index is 5.38. The fourth-order valence-corrected chi connectivity index (χ4v) is 2.39. The van der Waals surface area contributed by atoms with E-state index >= 15 is 0 Å². The number of methoxy groups -OCH3 is 1. The molecule has 0 aromatic carbocycles. The monoisotopic (exact) mass is 511 g/mol. The molecule has 2 N–H and O–H groups in total. The molecule has 1 aromatic heterocycles. The normalized spacial score (nSPS) is 11.6. The number of hydrogen-bond donors (Lipinski definition) is 2. The van der Waals surface area contributed by atoms with E-state index in [2.05, 4.69) is 37.8 Å². The molecule has 0 aliphatic rings. The van der Waals surface area contributed by atoms with Crippen LogP contribution in [0.2, 0.25) is 0 Å². The molecule has 1 rings (SSSR count). The Morgan fingerprint density at radius 2 is 1.89 bits per heavy atom. The number of aliphatic imine (C=N–C) groups is 1. The molecule has 0 aliphatic heterocycles. The molecule has 0 bridgehead atoms. The highest BCUT2D eigenvalue weighted by Crippen LogP contribution is 1.99. The van der Waals surface area contributed by atoms with Gasteiger partial charge in [-0.05, 0) is 33.7 Å². The van der Waals surface area contributed by atoms with E-state index in [0.29, 0.717) is 6.54 Å². The summed E-state index contributed by atoms with van der Waals surface area (Å²) in [7, 11) is 5.81. The van der Waals surface area contributed by atoms with Crippen LogP contribution >= 0.6 is 24.0 Å². The third kappa shape index (κ3) is 11.8. The minimum atomic E-state index is 0. The highest BCUT2D eigenvalue weighted by molar-refractivity contribution is 14.0. The van der Waals surface area contributed by atoms with Gasteiger partial charge in [0, 0.05) is 60.2 Å². The Morgan fingerprint density at radius 3 is 2.54 bits per heavy atom. The summed E-state index contributed by atoms with van der Waals surface area (Å²) in [5.74, 6) is 2.52. The van der Waals surface area contributed by atoms with Gasteiger partial charge in [0.15, 0.2) is 11.8 Å². The predicted octanol–water partition coefficient (Wildman–Crippen LogP) is 1.17. The van der Waals surface area contributed by atoms with Gasteiger partial charge < -0.3 is 29.6 Å². The first-order chi connectivity index (χ1) is 13.1. The second-order valence-corrected chi connectivity index (χ2v) is 6.44. The van der Waals surface area contributed by atoms with E-state index in [4.69, 9.17) is 9.47 Å². The molecule has 0 aliphatic carbocycles. The Hall–Kier alpha value is -0.980. The molecule has 0 saturated carbocycles. The highest BCUT2D eigenvalue weighted by atomic mass is 127. The van der Waals surface area contributed by atoms with Crippen molar-refractivity contribution >= 4 is 29.9 Å². The molecule has 0 spiro atoms. The van der Waals surface area contributed by atoms with Gasteiger partial charge in [0.05, 0.1) is 0 Å². The lowest BCUT2D eigenvalue weighted by atomic mass is 10.4. The first-order valence-electron chi connectivity index (χ1n) is 9.70. The number of aromatic nitrogens is 3. The van der Waals surface area contributed by atoms with Crippen LogP contribution in [0, 0.1) is 6.92 Å². The van der Waals surface area contributed by atoms with Crippen molar-refractivity contribution in [2.75, 3.05) is 60.2 Å². The minimum absolute atomic E-state index is 0. The Morgan fingerprint density at radius 1 is 1.14 bits per heavy atom. The van der Waals surface area contributed by atoms with Gasteiger partial charge in [-0.2, -0.15) is 0 Å². The lowest BCUT2D eigenvalue weighted by Gasteiger charge is -2.18. The number of rotatable bonds is 14. The topological polar surface area (TPSA) is 88.8 Å². The zero-order chi connectivity index (χ0) is 19.9. The van der Waals surface area contributed by atoms with Crippen LogP contribution in [0.25, 0.3) is 0 Å². The minimum Gasteiger partial charge on any atom is -0.385 e. The molecule has 0 unspecified atom stereocenters. The quantitative estimate of drug-likeness (QED) is 0.168. The molecule has 1 heterocycles. The van der Waals surface area contributed by atoms with E-state index in [-0.39, 0.29) is 24.0 Å². The molecule has 1 aromatic rings. The van der Waals surface area contributed by atoms with Gasteiger partial charge in [0.2, 0.25) is 0 Å². The van der Waals surface area contributed by atoms with Crippen LogP contribution in [0.1, 0.15) is 31.4 Å². The molecule has 9 nitrogen and oxygen atoms in total. The molecule has 0 fully saturated rings. The molecule has 0 amide bonds. The molecule has 0 radical (unpaired) electrons. The molecular weight excluding hydrogens is 473 g/mol. The van der Waals surface area contributed by atoms with Crippen LogP contribution < -0.4 is 10.6 Å². The van der Waals surface area contributed by atoms with Gasteiger partial charge in [-0.25, -0.2) is 4.99 Å². The second-order valence-electron chi connectivity index (χ2n) is 6.44. The van der Waals surface area contributed by atoms with Crippen LogP contribution in [0.5, 0.6) is 0 Å². The second kappa shape index (κ2) is 16.9. The summed E-state index contributed by atoms with van der Waals surface area (Å²) in [5, 5.41) is 15.0. The highest BCUT2D eigenvalue weighted by Gasteiger charge is 2.05. The van der Waals surface area contributed by atoms with Gasteiger partial charge in [-0.15, -0.1) is 34.2 Å². The van der Waals surface area contributed by atoms with Crippen LogP contribution in [0.15, 0.2) is 4.99 Å². The van der Waals surface area contributed by atoms with Crippen LogP contribution in [-0.2, 0) is 23.1 Å². The number of ether oxygens (including phenoxy) is 2. The zero-order valence-corrected chi connectivity index (χ0v) is 20.4. The van der Waals surface area contributed by atoms with E-state index in [0.717, 1.165) is 76.4 Å². The summed E-state index contributed by atoms with van der Waals surface area (Å²) in [4.78, 5) is 6.93. The molecule has 0 saturated heterocycles. The van der Waals surface area contributed by atoms with Crippen LogP contribution in [-0.4, -0.2) is 85.8 Å². The van der Waals surface area contributed by atoms with Crippen molar-refractivity contribution in [1.29, 1.82) is 0 Å². The van der Waals surface area contributed by atoms with Crippen molar-refractivity contribution in [1.82, 2.24) is 30.3 Å². The molecular formula is C18H38IN7O2. The SMILES string of the molecule is CCOCCCNC(=NCc1nnc(C)n1C)NCCN(C)CCCOC.I. The molecule has 10 heteroatoms. The fourth-order valence-electron chi connectivity index (χ4n) is 2.39. The largest absolute Gasteiger partial charge is 0.385 e. The number of hydrogen-bond acceptors (Lipinski definition) is 6. The third-order valence-corrected chi connectivity index (χ3v) is 4.20. The molecule has 28 heavy (non-hydrogen) atoms. The number of nitrogens with one attached hydrogen (secondary N) is 2. The van der Waals surface area contributed by atoms with Crippen molar-refractivity contribution < 1.29 is 9.47 Å². The zero-order valence-electron chi connectivity index (χ0n) is 18.0. The summed E-state index contributed by atoms with van der Waals surface area (Å²) < 4.78 is 12.4. The Bertz CT molecular complexity index is 540.